The lowest BCUT2D eigenvalue weighted by molar-refractivity contribution is -0.384. The Hall–Kier alpha value is -3.34. The first-order valence-electron chi connectivity index (χ1n) is 11.1. The van der Waals surface area contributed by atoms with E-state index >= 15 is 0 Å². The monoisotopic (exact) mass is 478 g/mol. The third-order valence-corrected chi connectivity index (χ3v) is 6.05. The molecule has 2 heterocycles. The molecule has 2 aliphatic rings. The summed E-state index contributed by atoms with van der Waals surface area (Å²) in [6, 6.07) is 7.37. The van der Waals surface area contributed by atoms with Gasteiger partial charge in [0.2, 0.25) is 0 Å². The second-order valence-corrected chi connectivity index (χ2v) is 8.29. The normalized spacial score (nSPS) is 16.9. The molecule has 0 spiro atoms. The van der Waals surface area contributed by atoms with Crippen LogP contribution in [0.4, 0.5) is 35.9 Å². The van der Waals surface area contributed by atoms with Gasteiger partial charge in [-0.05, 0) is 49.6 Å². The van der Waals surface area contributed by atoms with Gasteiger partial charge in [0.15, 0.2) is 0 Å². The van der Waals surface area contributed by atoms with Gasteiger partial charge in [-0.1, -0.05) is 0 Å². The number of ether oxygens (including phenoxy) is 1. The molecule has 1 amide bonds. The van der Waals surface area contributed by atoms with Crippen molar-refractivity contribution in [2.24, 2.45) is 0 Å². The van der Waals surface area contributed by atoms with Crippen molar-refractivity contribution >= 4 is 28.7 Å². The lowest BCUT2D eigenvalue weighted by Gasteiger charge is -2.31. The van der Waals surface area contributed by atoms with Gasteiger partial charge in [-0.15, -0.1) is 0 Å². The van der Waals surface area contributed by atoms with Gasteiger partial charge in [-0.3, -0.25) is 14.9 Å². The highest BCUT2D eigenvalue weighted by atomic mass is 19.4. The van der Waals surface area contributed by atoms with Crippen LogP contribution in [0.2, 0.25) is 0 Å². The van der Waals surface area contributed by atoms with Crippen molar-refractivity contribution in [3.05, 3.63) is 57.6 Å². The minimum atomic E-state index is -4.59. The average molecular weight is 478 g/mol. The summed E-state index contributed by atoms with van der Waals surface area (Å²) in [6.07, 6.45) is -1.66. The Balaban J connectivity index is 1.64. The molecule has 34 heavy (non-hydrogen) atoms. The number of alkyl halides is 3. The highest BCUT2D eigenvalue weighted by Crippen LogP contribution is 2.37. The number of carbonyl (C=O) groups excluding carboxylic acids is 1. The molecule has 2 aromatic carbocycles. The summed E-state index contributed by atoms with van der Waals surface area (Å²) in [5.74, 6) is -0.720. The third kappa shape index (κ3) is 5.24. The maximum absolute atomic E-state index is 13.3. The molecule has 182 valence electrons. The third-order valence-electron chi connectivity index (χ3n) is 6.05. The Morgan fingerprint density at radius 3 is 2.24 bits per heavy atom. The first kappa shape index (κ1) is 23.8. The number of hydrogen-bond acceptors (Lipinski definition) is 6. The Morgan fingerprint density at radius 1 is 0.941 bits per heavy atom. The summed E-state index contributed by atoms with van der Waals surface area (Å²) < 4.78 is 45.3. The van der Waals surface area contributed by atoms with E-state index in [-0.39, 0.29) is 16.9 Å². The van der Waals surface area contributed by atoms with Crippen molar-refractivity contribution in [2.45, 2.75) is 25.4 Å². The van der Waals surface area contributed by atoms with E-state index in [0.29, 0.717) is 50.8 Å². The van der Waals surface area contributed by atoms with Crippen molar-refractivity contribution in [1.82, 2.24) is 0 Å². The van der Waals surface area contributed by atoms with E-state index in [1.807, 2.05) is 9.80 Å². The molecule has 0 radical (unpaired) electrons. The smallest absolute Gasteiger partial charge is 0.378 e. The second-order valence-electron chi connectivity index (χ2n) is 8.29. The number of carbonyl (C=O) groups is 1. The molecule has 0 aromatic heterocycles. The molecular formula is C23H25F3N4O4. The number of nitrogens with zero attached hydrogens (tertiary/aromatic N) is 3. The largest absolute Gasteiger partial charge is 0.416 e. The number of amides is 1. The minimum absolute atomic E-state index is 0.00204. The number of nitro groups is 1. The average Bonchev–Trinajstić information content (AvgIpc) is 2.84. The number of benzene rings is 2. The fourth-order valence-corrected chi connectivity index (χ4v) is 4.30. The van der Waals surface area contributed by atoms with Crippen LogP contribution in [-0.4, -0.2) is 50.2 Å². The van der Waals surface area contributed by atoms with Crippen LogP contribution in [0.25, 0.3) is 0 Å². The zero-order chi connectivity index (χ0) is 24.3. The van der Waals surface area contributed by atoms with Gasteiger partial charge in [-0.25, -0.2) is 0 Å². The van der Waals surface area contributed by atoms with Crippen molar-refractivity contribution < 1.29 is 27.6 Å². The maximum Gasteiger partial charge on any atom is 0.416 e. The molecule has 11 heteroatoms. The molecule has 0 bridgehead atoms. The molecule has 0 aliphatic carbocycles. The van der Waals surface area contributed by atoms with Crippen molar-refractivity contribution in [1.29, 1.82) is 0 Å². The molecule has 0 unspecified atom stereocenters. The van der Waals surface area contributed by atoms with Crippen LogP contribution in [0.3, 0.4) is 0 Å². The summed E-state index contributed by atoms with van der Waals surface area (Å²) in [5, 5.41) is 14.3. The standard InChI is InChI=1S/C23H25F3N4O4/c24-23(25,26)17-5-7-19(29-10-12-34-13-11-29)18(15-17)27-22(31)16-4-6-20(21(14-16)30(32)33)28-8-2-1-3-9-28/h4-7,14-15H,1-3,8-13H2,(H,27,31). The summed E-state index contributed by atoms with van der Waals surface area (Å²) in [4.78, 5) is 27.9. The Bertz CT molecular complexity index is 1060. The van der Waals surface area contributed by atoms with Crippen LogP contribution in [0, 0.1) is 10.1 Å². The summed E-state index contributed by atoms with van der Waals surface area (Å²) in [5.41, 5.74) is -0.237. The number of morpholine rings is 1. The van der Waals surface area contributed by atoms with Gasteiger partial charge in [0.1, 0.15) is 5.69 Å². The lowest BCUT2D eigenvalue weighted by Crippen LogP contribution is -2.36. The van der Waals surface area contributed by atoms with Crippen LogP contribution in [-0.2, 0) is 10.9 Å². The van der Waals surface area contributed by atoms with Gasteiger partial charge in [0, 0.05) is 37.8 Å². The number of halogens is 3. The molecule has 0 saturated carbocycles. The van der Waals surface area contributed by atoms with Crippen LogP contribution in [0.15, 0.2) is 36.4 Å². The molecular weight excluding hydrogens is 453 g/mol. The number of piperidine rings is 1. The van der Waals surface area contributed by atoms with Gasteiger partial charge < -0.3 is 19.9 Å². The van der Waals surface area contributed by atoms with Crippen molar-refractivity contribution in [2.75, 3.05) is 54.5 Å². The SMILES string of the molecule is O=C(Nc1cc(C(F)(F)F)ccc1N1CCOCC1)c1ccc(N2CCCCC2)c([N+](=O)[O-])c1. The van der Waals surface area contributed by atoms with E-state index in [2.05, 4.69) is 5.32 Å². The van der Waals surface area contributed by atoms with Crippen LogP contribution >= 0.6 is 0 Å². The number of nitro benzene ring substituents is 1. The van der Waals surface area contributed by atoms with E-state index in [1.54, 1.807) is 0 Å². The van der Waals surface area contributed by atoms with E-state index in [4.69, 9.17) is 4.74 Å². The summed E-state index contributed by atoms with van der Waals surface area (Å²) in [6.45, 7) is 3.14. The van der Waals surface area contributed by atoms with E-state index in [1.165, 1.54) is 24.3 Å². The van der Waals surface area contributed by atoms with Gasteiger partial charge in [-0.2, -0.15) is 13.2 Å². The quantitative estimate of drug-likeness (QED) is 0.496. The van der Waals surface area contributed by atoms with Gasteiger partial charge in [0.05, 0.1) is 35.1 Å². The predicted molar refractivity (Wildman–Crippen MR) is 122 cm³/mol. The van der Waals surface area contributed by atoms with Crippen LogP contribution in [0.5, 0.6) is 0 Å². The van der Waals surface area contributed by atoms with Gasteiger partial charge in [0.25, 0.3) is 11.6 Å². The van der Waals surface area contributed by atoms with Crippen LogP contribution < -0.4 is 15.1 Å². The molecule has 2 saturated heterocycles. The Morgan fingerprint density at radius 2 is 1.59 bits per heavy atom. The summed E-state index contributed by atoms with van der Waals surface area (Å²) >= 11 is 0. The Kier molecular flexibility index (Phi) is 6.92. The predicted octanol–water partition coefficient (Wildman–Crippen LogP) is 4.69. The van der Waals surface area contributed by atoms with Crippen molar-refractivity contribution in [3.63, 3.8) is 0 Å². The zero-order valence-electron chi connectivity index (χ0n) is 18.4. The number of hydrogen-bond donors (Lipinski definition) is 1. The minimum Gasteiger partial charge on any atom is -0.378 e. The highest BCUT2D eigenvalue weighted by Gasteiger charge is 2.32. The lowest BCUT2D eigenvalue weighted by atomic mass is 10.1. The maximum atomic E-state index is 13.3. The van der Waals surface area contributed by atoms with E-state index in [9.17, 15) is 28.1 Å². The van der Waals surface area contributed by atoms with Gasteiger partial charge >= 0.3 is 6.18 Å². The van der Waals surface area contributed by atoms with Crippen molar-refractivity contribution in [3.8, 4) is 0 Å². The second kappa shape index (κ2) is 9.88. The van der Waals surface area contributed by atoms with E-state index in [0.717, 1.165) is 31.4 Å². The molecule has 8 nitrogen and oxygen atoms in total. The molecule has 2 fully saturated rings. The Labute approximate surface area is 194 Å². The molecule has 4 rings (SSSR count). The van der Waals surface area contributed by atoms with Crippen LogP contribution in [0.1, 0.15) is 35.2 Å². The molecule has 2 aromatic rings. The summed E-state index contributed by atoms with van der Waals surface area (Å²) in [7, 11) is 0. The number of nitrogens with one attached hydrogen (secondary N) is 1. The molecule has 1 N–H and O–H groups in total. The number of rotatable bonds is 5. The fourth-order valence-electron chi connectivity index (χ4n) is 4.30. The fraction of sp³-hybridized carbons (Fsp3) is 0.435. The molecule has 0 atom stereocenters. The molecule has 2 aliphatic heterocycles. The zero-order valence-corrected chi connectivity index (χ0v) is 18.4. The topological polar surface area (TPSA) is 88.0 Å². The first-order chi connectivity index (χ1) is 16.2. The van der Waals surface area contributed by atoms with E-state index < -0.39 is 22.6 Å². The first-order valence-corrected chi connectivity index (χ1v) is 11.1. The number of anilines is 3. The highest BCUT2D eigenvalue weighted by molar-refractivity contribution is 6.06.